The first-order valence-corrected chi connectivity index (χ1v) is 6.08. The summed E-state index contributed by atoms with van der Waals surface area (Å²) in [6.07, 6.45) is 5.64. The molecule has 18 heavy (non-hydrogen) atoms. The van der Waals surface area contributed by atoms with Crippen LogP contribution in [-0.4, -0.2) is 35.4 Å². The maximum atomic E-state index is 10.8. The van der Waals surface area contributed by atoms with Crippen LogP contribution in [0.5, 0.6) is 5.88 Å². The summed E-state index contributed by atoms with van der Waals surface area (Å²) in [7, 11) is 1.70. The number of nitrogens with zero attached hydrogens (tertiary/aromatic N) is 1. The lowest BCUT2D eigenvalue weighted by Crippen LogP contribution is -2.29. The van der Waals surface area contributed by atoms with Crippen molar-refractivity contribution < 1.29 is 19.4 Å². The van der Waals surface area contributed by atoms with E-state index in [4.69, 9.17) is 14.6 Å². The van der Waals surface area contributed by atoms with E-state index in [0.717, 1.165) is 25.7 Å². The zero-order valence-electron chi connectivity index (χ0n) is 10.3. The minimum Gasteiger partial charge on any atom is -0.478 e. The molecule has 1 aromatic rings. The molecule has 0 aromatic carbocycles. The molecule has 0 saturated heterocycles. The highest BCUT2D eigenvalue weighted by atomic mass is 16.5. The zero-order valence-corrected chi connectivity index (χ0v) is 10.3. The van der Waals surface area contributed by atoms with Gasteiger partial charge < -0.3 is 14.6 Å². The van der Waals surface area contributed by atoms with Crippen LogP contribution in [0, 0.1) is 0 Å². The van der Waals surface area contributed by atoms with Crippen molar-refractivity contribution in [3.05, 3.63) is 23.9 Å². The second-order valence-corrected chi connectivity index (χ2v) is 4.45. The van der Waals surface area contributed by atoms with Crippen molar-refractivity contribution in [1.82, 2.24) is 4.98 Å². The fourth-order valence-corrected chi connectivity index (χ4v) is 2.20. The Morgan fingerprint density at radius 1 is 1.44 bits per heavy atom. The van der Waals surface area contributed by atoms with Gasteiger partial charge in [0.15, 0.2) is 0 Å². The van der Waals surface area contributed by atoms with Crippen LogP contribution in [0.4, 0.5) is 0 Å². The molecule has 0 amide bonds. The molecule has 2 atom stereocenters. The van der Waals surface area contributed by atoms with Gasteiger partial charge in [0, 0.05) is 25.8 Å². The van der Waals surface area contributed by atoms with Gasteiger partial charge in [-0.15, -0.1) is 0 Å². The average Bonchev–Trinajstić information content (AvgIpc) is 2.39. The van der Waals surface area contributed by atoms with Gasteiger partial charge in [0.05, 0.1) is 11.7 Å². The van der Waals surface area contributed by atoms with Crippen LogP contribution in [0.25, 0.3) is 0 Å². The highest BCUT2D eigenvalue weighted by Gasteiger charge is 2.23. The van der Waals surface area contributed by atoms with E-state index in [2.05, 4.69) is 4.98 Å². The van der Waals surface area contributed by atoms with Gasteiger partial charge in [0.25, 0.3) is 0 Å². The molecule has 1 saturated carbocycles. The largest absolute Gasteiger partial charge is 0.478 e. The Kier molecular flexibility index (Phi) is 4.15. The number of carboxylic acids is 1. The third-order valence-corrected chi connectivity index (χ3v) is 3.18. The third kappa shape index (κ3) is 3.20. The highest BCUT2D eigenvalue weighted by Crippen LogP contribution is 2.24. The van der Waals surface area contributed by atoms with E-state index in [-0.39, 0.29) is 17.8 Å². The van der Waals surface area contributed by atoms with Gasteiger partial charge in [-0.25, -0.2) is 9.78 Å². The first-order valence-electron chi connectivity index (χ1n) is 6.08. The Hall–Kier alpha value is -1.62. The molecule has 0 radical (unpaired) electrons. The highest BCUT2D eigenvalue weighted by molar-refractivity contribution is 5.87. The molecule has 1 aromatic heterocycles. The van der Waals surface area contributed by atoms with Gasteiger partial charge in [0.1, 0.15) is 6.10 Å². The molecule has 0 bridgehead atoms. The number of carboxylic acid groups (broad SMARTS) is 1. The van der Waals surface area contributed by atoms with Gasteiger partial charge >= 0.3 is 5.97 Å². The molecule has 5 heteroatoms. The van der Waals surface area contributed by atoms with Crippen molar-refractivity contribution in [1.29, 1.82) is 0 Å². The molecular formula is C13H17NO4. The third-order valence-electron chi connectivity index (χ3n) is 3.18. The topological polar surface area (TPSA) is 68.7 Å². The van der Waals surface area contributed by atoms with E-state index in [1.165, 1.54) is 18.3 Å². The van der Waals surface area contributed by atoms with Gasteiger partial charge in [-0.2, -0.15) is 0 Å². The first-order chi connectivity index (χ1) is 8.69. The molecule has 2 unspecified atom stereocenters. The molecule has 1 N–H and O–H groups in total. The van der Waals surface area contributed by atoms with Crippen LogP contribution in [0.2, 0.25) is 0 Å². The van der Waals surface area contributed by atoms with Gasteiger partial charge in [-0.1, -0.05) is 0 Å². The number of carbonyl (C=O) groups is 1. The zero-order chi connectivity index (χ0) is 13.0. The summed E-state index contributed by atoms with van der Waals surface area (Å²) in [6, 6.07) is 2.91. The SMILES string of the molecule is COC1CCCC(Oc2cc(C(=O)O)ccn2)C1. The van der Waals surface area contributed by atoms with Crippen molar-refractivity contribution in [2.24, 2.45) is 0 Å². The number of methoxy groups -OCH3 is 1. The van der Waals surface area contributed by atoms with E-state index >= 15 is 0 Å². The van der Waals surface area contributed by atoms with Gasteiger partial charge in [-0.3, -0.25) is 0 Å². The van der Waals surface area contributed by atoms with Crippen molar-refractivity contribution in [3.63, 3.8) is 0 Å². The summed E-state index contributed by atoms with van der Waals surface area (Å²) in [4.78, 5) is 14.9. The minimum absolute atomic E-state index is 0.0558. The van der Waals surface area contributed by atoms with Crippen LogP contribution >= 0.6 is 0 Å². The molecule has 5 nitrogen and oxygen atoms in total. The first kappa shape index (κ1) is 12.8. The molecule has 1 aliphatic carbocycles. The van der Waals surface area contributed by atoms with E-state index in [0.29, 0.717) is 5.88 Å². The van der Waals surface area contributed by atoms with Crippen LogP contribution in [0.3, 0.4) is 0 Å². The Bertz CT molecular complexity index is 421. The summed E-state index contributed by atoms with van der Waals surface area (Å²) in [6.45, 7) is 0. The molecule has 1 fully saturated rings. The molecule has 98 valence electrons. The maximum absolute atomic E-state index is 10.8. The molecule has 0 spiro atoms. The number of rotatable bonds is 4. The van der Waals surface area contributed by atoms with Crippen LogP contribution in [0.1, 0.15) is 36.0 Å². The summed E-state index contributed by atoms with van der Waals surface area (Å²) in [5.74, 6) is -0.600. The quantitative estimate of drug-likeness (QED) is 0.887. The number of hydrogen-bond donors (Lipinski definition) is 1. The van der Waals surface area contributed by atoms with Gasteiger partial charge in [-0.05, 0) is 25.3 Å². The Morgan fingerprint density at radius 2 is 2.22 bits per heavy atom. The van der Waals surface area contributed by atoms with E-state index in [1.54, 1.807) is 7.11 Å². The lowest BCUT2D eigenvalue weighted by molar-refractivity contribution is 0.0194. The number of ether oxygens (including phenoxy) is 2. The number of aromatic nitrogens is 1. The predicted octanol–water partition coefficient (Wildman–Crippen LogP) is 2.12. The molecular weight excluding hydrogens is 234 g/mol. The summed E-state index contributed by atoms with van der Waals surface area (Å²) >= 11 is 0. The molecule has 1 heterocycles. The lowest BCUT2D eigenvalue weighted by Gasteiger charge is -2.28. The fourth-order valence-electron chi connectivity index (χ4n) is 2.20. The van der Waals surface area contributed by atoms with Crippen molar-refractivity contribution >= 4 is 5.97 Å². The minimum atomic E-state index is -0.972. The molecule has 0 aliphatic heterocycles. The van der Waals surface area contributed by atoms with Crippen LogP contribution in [0.15, 0.2) is 18.3 Å². The number of pyridine rings is 1. The van der Waals surface area contributed by atoms with Crippen molar-refractivity contribution in [2.45, 2.75) is 37.9 Å². The molecule has 2 rings (SSSR count). The lowest BCUT2D eigenvalue weighted by atomic mass is 9.95. The van der Waals surface area contributed by atoms with E-state index in [1.807, 2.05) is 0 Å². The fraction of sp³-hybridized carbons (Fsp3) is 0.538. The second kappa shape index (κ2) is 5.82. The Morgan fingerprint density at radius 3 is 2.94 bits per heavy atom. The van der Waals surface area contributed by atoms with Crippen LogP contribution in [-0.2, 0) is 4.74 Å². The van der Waals surface area contributed by atoms with Crippen molar-refractivity contribution in [2.75, 3.05) is 7.11 Å². The second-order valence-electron chi connectivity index (χ2n) is 4.45. The number of aromatic carboxylic acids is 1. The number of hydrogen-bond acceptors (Lipinski definition) is 4. The van der Waals surface area contributed by atoms with Gasteiger partial charge in [0.2, 0.25) is 5.88 Å². The predicted molar refractivity (Wildman–Crippen MR) is 64.9 cm³/mol. The normalized spacial score (nSPS) is 23.6. The van der Waals surface area contributed by atoms with E-state index in [9.17, 15) is 4.79 Å². The van der Waals surface area contributed by atoms with Crippen LogP contribution < -0.4 is 4.74 Å². The Labute approximate surface area is 106 Å². The summed E-state index contributed by atoms with van der Waals surface area (Å²) in [5, 5.41) is 8.89. The monoisotopic (exact) mass is 251 g/mol. The van der Waals surface area contributed by atoms with Crippen molar-refractivity contribution in [3.8, 4) is 5.88 Å². The average molecular weight is 251 g/mol. The standard InChI is InChI=1S/C13H17NO4/c1-17-10-3-2-4-11(8-10)18-12-7-9(13(15)16)5-6-14-12/h5-7,10-11H,2-4,8H2,1H3,(H,15,16). The molecule has 1 aliphatic rings. The Balaban J connectivity index is 2.00. The summed E-state index contributed by atoms with van der Waals surface area (Å²) in [5.41, 5.74) is 0.194. The van der Waals surface area contributed by atoms with E-state index < -0.39 is 5.97 Å². The summed E-state index contributed by atoms with van der Waals surface area (Å²) < 4.78 is 11.1. The smallest absolute Gasteiger partial charge is 0.335 e. The maximum Gasteiger partial charge on any atom is 0.335 e.